The van der Waals surface area contributed by atoms with E-state index in [2.05, 4.69) is 6.07 Å². The molecule has 1 heterocycles. The first-order chi connectivity index (χ1) is 11.7. The predicted octanol–water partition coefficient (Wildman–Crippen LogP) is 2.08. The molecule has 1 atom stereocenters. The van der Waals surface area contributed by atoms with Crippen molar-refractivity contribution >= 4 is 5.91 Å². The number of nitrogens with two attached hydrogens (primary N) is 1. The molecular weight excluding hydrogens is 304 g/mol. The largest absolute Gasteiger partial charge is 0.497 e. The zero-order valence-electron chi connectivity index (χ0n) is 14.5. The fraction of sp³-hybridized carbons (Fsp3) is 0.632. The second-order valence-electron chi connectivity index (χ2n) is 6.85. The number of carbonyl (C=O) groups excluding carboxylic acids is 1. The van der Waals surface area contributed by atoms with Crippen molar-refractivity contribution in [1.29, 1.82) is 0 Å². The van der Waals surface area contributed by atoms with E-state index in [0.717, 1.165) is 50.0 Å². The van der Waals surface area contributed by atoms with Crippen molar-refractivity contribution in [3.05, 3.63) is 29.8 Å². The molecule has 0 bridgehead atoms. The standard InChI is InChI=1S/C19H28N2O3/c1-23-16-7-4-6-15(12-16)19(8-2-3-9-19)18(22)21-10-5-11-24-17(13-20)14-21/h4,6-7,12,17H,2-3,5,8-11,13-14,20H2,1H3/t17-/m0/s1. The van der Waals surface area contributed by atoms with E-state index < -0.39 is 5.41 Å². The van der Waals surface area contributed by atoms with Gasteiger partial charge in [0.15, 0.2) is 0 Å². The fourth-order valence-electron chi connectivity index (χ4n) is 4.05. The third-order valence-corrected chi connectivity index (χ3v) is 5.39. The summed E-state index contributed by atoms with van der Waals surface area (Å²) in [4.78, 5) is 15.5. The minimum Gasteiger partial charge on any atom is -0.497 e. The highest BCUT2D eigenvalue weighted by Gasteiger charge is 2.45. The topological polar surface area (TPSA) is 64.8 Å². The fourth-order valence-corrected chi connectivity index (χ4v) is 4.05. The van der Waals surface area contributed by atoms with Crippen molar-refractivity contribution < 1.29 is 14.3 Å². The van der Waals surface area contributed by atoms with Gasteiger partial charge >= 0.3 is 0 Å². The molecule has 1 aliphatic heterocycles. The van der Waals surface area contributed by atoms with Crippen LogP contribution in [0.15, 0.2) is 24.3 Å². The maximum Gasteiger partial charge on any atom is 0.233 e. The van der Waals surface area contributed by atoms with Crippen LogP contribution in [0.5, 0.6) is 5.75 Å². The third-order valence-electron chi connectivity index (χ3n) is 5.39. The van der Waals surface area contributed by atoms with Crippen LogP contribution in [0.25, 0.3) is 0 Å². The van der Waals surface area contributed by atoms with Gasteiger partial charge in [0, 0.05) is 26.2 Å². The van der Waals surface area contributed by atoms with E-state index in [1.54, 1.807) is 7.11 Å². The van der Waals surface area contributed by atoms with Gasteiger partial charge in [0.1, 0.15) is 5.75 Å². The van der Waals surface area contributed by atoms with E-state index in [1.165, 1.54) is 0 Å². The Bertz CT molecular complexity index is 569. The lowest BCUT2D eigenvalue weighted by Crippen LogP contribution is -2.48. The van der Waals surface area contributed by atoms with Crippen LogP contribution in [0.2, 0.25) is 0 Å². The molecule has 3 rings (SSSR count). The summed E-state index contributed by atoms with van der Waals surface area (Å²) < 4.78 is 11.1. The average Bonchev–Trinajstić information content (AvgIpc) is 3.01. The summed E-state index contributed by atoms with van der Waals surface area (Å²) in [5.74, 6) is 1.04. The van der Waals surface area contributed by atoms with E-state index in [0.29, 0.717) is 19.7 Å². The van der Waals surface area contributed by atoms with Crippen LogP contribution in [0.4, 0.5) is 0 Å². The van der Waals surface area contributed by atoms with E-state index in [-0.39, 0.29) is 12.0 Å². The second-order valence-corrected chi connectivity index (χ2v) is 6.85. The van der Waals surface area contributed by atoms with Crippen LogP contribution in [-0.4, -0.2) is 50.3 Å². The van der Waals surface area contributed by atoms with Crippen molar-refractivity contribution in [3.8, 4) is 5.75 Å². The predicted molar refractivity (Wildman–Crippen MR) is 93.1 cm³/mol. The molecule has 1 aliphatic carbocycles. The van der Waals surface area contributed by atoms with Crippen LogP contribution >= 0.6 is 0 Å². The Morgan fingerprint density at radius 3 is 2.88 bits per heavy atom. The lowest BCUT2D eigenvalue weighted by Gasteiger charge is -2.35. The number of ether oxygens (including phenoxy) is 2. The Morgan fingerprint density at radius 1 is 1.38 bits per heavy atom. The number of carbonyl (C=O) groups is 1. The van der Waals surface area contributed by atoms with Gasteiger partial charge in [0.05, 0.1) is 18.6 Å². The maximum atomic E-state index is 13.5. The minimum absolute atomic E-state index is 0.0554. The SMILES string of the molecule is COc1cccc(C2(C(=O)N3CCCO[C@@H](CN)C3)CCCC2)c1. The number of amides is 1. The van der Waals surface area contributed by atoms with Gasteiger partial charge in [-0.2, -0.15) is 0 Å². The lowest BCUT2D eigenvalue weighted by molar-refractivity contribution is -0.138. The Balaban J connectivity index is 1.90. The molecule has 2 aliphatic rings. The van der Waals surface area contributed by atoms with Crippen molar-refractivity contribution in [2.45, 2.75) is 43.6 Å². The molecule has 2 N–H and O–H groups in total. The molecule has 24 heavy (non-hydrogen) atoms. The summed E-state index contributed by atoms with van der Waals surface area (Å²) in [5.41, 5.74) is 6.45. The molecule has 5 heteroatoms. The summed E-state index contributed by atoms with van der Waals surface area (Å²) in [6.45, 7) is 2.48. The van der Waals surface area contributed by atoms with Gasteiger partial charge in [0.2, 0.25) is 5.91 Å². The molecule has 2 fully saturated rings. The first-order valence-electron chi connectivity index (χ1n) is 8.95. The number of hydrogen-bond donors (Lipinski definition) is 1. The van der Waals surface area contributed by atoms with Gasteiger partial charge in [0.25, 0.3) is 0 Å². The first-order valence-corrected chi connectivity index (χ1v) is 8.95. The number of benzene rings is 1. The molecule has 1 amide bonds. The Kier molecular flexibility index (Phi) is 5.41. The number of nitrogens with zero attached hydrogens (tertiary/aromatic N) is 1. The maximum absolute atomic E-state index is 13.5. The molecule has 1 saturated carbocycles. The van der Waals surface area contributed by atoms with Gasteiger partial charge in [-0.25, -0.2) is 0 Å². The van der Waals surface area contributed by atoms with Gasteiger partial charge in [-0.1, -0.05) is 25.0 Å². The van der Waals surface area contributed by atoms with Crippen molar-refractivity contribution in [1.82, 2.24) is 4.90 Å². The molecule has 0 unspecified atom stereocenters. The molecule has 1 aromatic carbocycles. The van der Waals surface area contributed by atoms with E-state index in [4.69, 9.17) is 15.2 Å². The molecular formula is C19H28N2O3. The van der Waals surface area contributed by atoms with Crippen molar-refractivity contribution in [2.24, 2.45) is 5.73 Å². The van der Waals surface area contributed by atoms with Gasteiger partial charge < -0.3 is 20.1 Å². The molecule has 132 valence electrons. The first kappa shape index (κ1) is 17.2. The van der Waals surface area contributed by atoms with Gasteiger partial charge in [-0.3, -0.25) is 4.79 Å². The monoisotopic (exact) mass is 332 g/mol. The van der Waals surface area contributed by atoms with Crippen molar-refractivity contribution in [3.63, 3.8) is 0 Å². The van der Waals surface area contributed by atoms with Gasteiger partial charge in [-0.05, 0) is 37.0 Å². The van der Waals surface area contributed by atoms with E-state index >= 15 is 0 Å². The normalized spacial score (nSPS) is 23.8. The molecule has 0 radical (unpaired) electrons. The molecule has 5 nitrogen and oxygen atoms in total. The second kappa shape index (κ2) is 7.53. The summed E-state index contributed by atoms with van der Waals surface area (Å²) in [5, 5.41) is 0. The zero-order chi connectivity index (χ0) is 17.0. The smallest absolute Gasteiger partial charge is 0.233 e. The molecule has 0 spiro atoms. The Labute approximate surface area is 144 Å². The Hall–Kier alpha value is -1.59. The Morgan fingerprint density at radius 2 is 2.17 bits per heavy atom. The average molecular weight is 332 g/mol. The van der Waals surface area contributed by atoms with Crippen LogP contribution < -0.4 is 10.5 Å². The summed E-state index contributed by atoms with van der Waals surface area (Å²) in [6.07, 6.45) is 4.81. The van der Waals surface area contributed by atoms with Crippen LogP contribution in [0, 0.1) is 0 Å². The molecule has 1 saturated heterocycles. The van der Waals surface area contributed by atoms with Crippen molar-refractivity contribution in [2.75, 3.05) is 33.4 Å². The zero-order valence-corrected chi connectivity index (χ0v) is 14.5. The minimum atomic E-state index is -0.419. The third kappa shape index (κ3) is 3.28. The van der Waals surface area contributed by atoms with Gasteiger partial charge in [-0.15, -0.1) is 0 Å². The highest BCUT2D eigenvalue weighted by molar-refractivity contribution is 5.89. The highest BCUT2D eigenvalue weighted by atomic mass is 16.5. The molecule has 1 aromatic rings. The number of rotatable bonds is 4. The summed E-state index contributed by atoms with van der Waals surface area (Å²) in [6, 6.07) is 8.01. The molecule has 0 aromatic heterocycles. The summed E-state index contributed by atoms with van der Waals surface area (Å²) >= 11 is 0. The van der Waals surface area contributed by atoms with E-state index in [1.807, 2.05) is 23.1 Å². The highest BCUT2D eigenvalue weighted by Crippen LogP contribution is 2.43. The van der Waals surface area contributed by atoms with Crippen LogP contribution in [0.1, 0.15) is 37.7 Å². The van der Waals surface area contributed by atoms with Crippen LogP contribution in [0.3, 0.4) is 0 Å². The van der Waals surface area contributed by atoms with Crippen LogP contribution in [-0.2, 0) is 14.9 Å². The summed E-state index contributed by atoms with van der Waals surface area (Å²) in [7, 11) is 1.67. The van der Waals surface area contributed by atoms with E-state index in [9.17, 15) is 4.79 Å². The number of hydrogen-bond acceptors (Lipinski definition) is 4. The lowest BCUT2D eigenvalue weighted by atomic mass is 9.77. The number of methoxy groups -OCH3 is 1. The quantitative estimate of drug-likeness (QED) is 0.917.